The molecule has 0 aromatic heterocycles. The Morgan fingerprint density at radius 1 is 1.40 bits per heavy atom. The topological polar surface area (TPSA) is 49.7 Å². The summed E-state index contributed by atoms with van der Waals surface area (Å²) in [5.41, 5.74) is 0. The standard InChI is InChI=1S/C5H12O3.2CH4/c1-5(7)4-8-3-2-6;;/h5-7H,2-4H2,1H3;2*1H4. The fraction of sp³-hybridized carbons (Fsp3) is 1.00. The molecular formula is C7H20O3. The second-order valence-corrected chi connectivity index (χ2v) is 1.65. The molecule has 0 rings (SSSR count). The van der Waals surface area contributed by atoms with Gasteiger partial charge in [0.1, 0.15) is 0 Å². The molecule has 0 spiro atoms. The second-order valence-electron chi connectivity index (χ2n) is 1.65. The lowest BCUT2D eigenvalue weighted by Gasteiger charge is -2.02. The average molecular weight is 152 g/mol. The van der Waals surface area contributed by atoms with Crippen molar-refractivity contribution in [2.75, 3.05) is 19.8 Å². The van der Waals surface area contributed by atoms with E-state index < -0.39 is 6.10 Å². The summed E-state index contributed by atoms with van der Waals surface area (Å²) >= 11 is 0. The van der Waals surface area contributed by atoms with E-state index in [-0.39, 0.29) is 21.5 Å². The van der Waals surface area contributed by atoms with E-state index in [1.807, 2.05) is 0 Å². The van der Waals surface area contributed by atoms with Crippen molar-refractivity contribution in [1.82, 2.24) is 0 Å². The first kappa shape index (κ1) is 16.5. The number of hydrogen-bond donors (Lipinski definition) is 2. The van der Waals surface area contributed by atoms with Crippen molar-refractivity contribution in [3.63, 3.8) is 0 Å². The summed E-state index contributed by atoms with van der Waals surface area (Å²) in [6, 6.07) is 0. The molecule has 0 heterocycles. The van der Waals surface area contributed by atoms with E-state index in [0.717, 1.165) is 0 Å². The third-order valence-electron chi connectivity index (χ3n) is 0.595. The van der Waals surface area contributed by atoms with Gasteiger partial charge in [0.05, 0.1) is 25.9 Å². The molecular weight excluding hydrogens is 132 g/mol. The Morgan fingerprint density at radius 2 is 1.90 bits per heavy atom. The highest BCUT2D eigenvalue weighted by Gasteiger charge is 1.91. The molecule has 3 nitrogen and oxygen atoms in total. The number of hydrogen-bond acceptors (Lipinski definition) is 3. The maximum atomic E-state index is 8.57. The Morgan fingerprint density at radius 3 is 2.20 bits per heavy atom. The van der Waals surface area contributed by atoms with Crippen molar-refractivity contribution in [1.29, 1.82) is 0 Å². The zero-order valence-electron chi connectivity index (χ0n) is 5.00. The van der Waals surface area contributed by atoms with Crippen molar-refractivity contribution < 1.29 is 14.9 Å². The molecule has 66 valence electrons. The van der Waals surface area contributed by atoms with Crippen LogP contribution in [0.2, 0.25) is 0 Å². The third-order valence-corrected chi connectivity index (χ3v) is 0.595. The van der Waals surface area contributed by atoms with Crippen molar-refractivity contribution in [2.45, 2.75) is 27.9 Å². The molecule has 0 radical (unpaired) electrons. The minimum Gasteiger partial charge on any atom is -0.394 e. The predicted molar refractivity (Wildman–Crippen MR) is 43.0 cm³/mol. The Kier molecular flexibility index (Phi) is 19.2. The average Bonchev–Trinajstić information content (AvgIpc) is 1.66. The predicted octanol–water partition coefficient (Wildman–Crippen LogP) is 0.648. The fourth-order valence-electron chi connectivity index (χ4n) is 0.318. The first-order valence-corrected chi connectivity index (χ1v) is 2.64. The van der Waals surface area contributed by atoms with Crippen LogP contribution in [0, 0.1) is 0 Å². The molecule has 0 aliphatic carbocycles. The number of aliphatic hydroxyl groups excluding tert-OH is 2. The first-order chi connectivity index (χ1) is 3.77. The minimum atomic E-state index is -0.429. The summed E-state index contributed by atoms with van der Waals surface area (Å²) < 4.78 is 4.74. The van der Waals surface area contributed by atoms with Gasteiger partial charge in [0.15, 0.2) is 0 Å². The molecule has 10 heavy (non-hydrogen) atoms. The Labute approximate surface area is 63.6 Å². The highest BCUT2D eigenvalue weighted by molar-refractivity contribution is 4.39. The van der Waals surface area contributed by atoms with E-state index in [2.05, 4.69) is 0 Å². The van der Waals surface area contributed by atoms with E-state index in [1.165, 1.54) is 0 Å². The lowest BCUT2D eigenvalue weighted by molar-refractivity contribution is 0.0292. The Hall–Kier alpha value is -0.120. The monoisotopic (exact) mass is 152 g/mol. The molecule has 0 saturated carbocycles. The molecule has 0 aromatic rings. The normalized spacial score (nSPS) is 11.1. The van der Waals surface area contributed by atoms with Gasteiger partial charge in [-0.2, -0.15) is 0 Å². The summed E-state index contributed by atoms with van der Waals surface area (Å²) in [6.07, 6.45) is -0.429. The Bertz CT molecular complexity index is 46.1. The van der Waals surface area contributed by atoms with Crippen LogP contribution in [-0.2, 0) is 4.74 Å². The summed E-state index contributed by atoms with van der Waals surface area (Å²) in [4.78, 5) is 0. The van der Waals surface area contributed by atoms with E-state index in [4.69, 9.17) is 14.9 Å². The van der Waals surface area contributed by atoms with Crippen LogP contribution in [0.4, 0.5) is 0 Å². The summed E-state index contributed by atoms with van der Waals surface area (Å²) in [7, 11) is 0. The van der Waals surface area contributed by atoms with Gasteiger partial charge in [0.25, 0.3) is 0 Å². The first-order valence-electron chi connectivity index (χ1n) is 2.64. The third kappa shape index (κ3) is 15.7. The van der Waals surface area contributed by atoms with Crippen LogP contribution in [0.15, 0.2) is 0 Å². The summed E-state index contributed by atoms with van der Waals surface area (Å²) in [6.45, 7) is 2.27. The van der Waals surface area contributed by atoms with Gasteiger partial charge >= 0.3 is 0 Å². The van der Waals surface area contributed by atoms with Crippen LogP contribution in [0.5, 0.6) is 0 Å². The van der Waals surface area contributed by atoms with Crippen LogP contribution in [0.25, 0.3) is 0 Å². The van der Waals surface area contributed by atoms with Crippen LogP contribution < -0.4 is 0 Å². The quantitative estimate of drug-likeness (QED) is 0.581. The molecule has 0 amide bonds. The second kappa shape index (κ2) is 11.6. The molecule has 0 bridgehead atoms. The van der Waals surface area contributed by atoms with Gasteiger partial charge in [-0.1, -0.05) is 14.9 Å². The van der Waals surface area contributed by atoms with Gasteiger partial charge < -0.3 is 14.9 Å². The number of ether oxygens (including phenoxy) is 1. The molecule has 0 aliphatic heterocycles. The van der Waals surface area contributed by atoms with Gasteiger partial charge in [-0.15, -0.1) is 0 Å². The van der Waals surface area contributed by atoms with E-state index >= 15 is 0 Å². The molecule has 0 aliphatic rings. The smallest absolute Gasteiger partial charge is 0.0745 e. The number of rotatable bonds is 4. The fourth-order valence-corrected chi connectivity index (χ4v) is 0.318. The van der Waals surface area contributed by atoms with E-state index in [0.29, 0.717) is 13.2 Å². The van der Waals surface area contributed by atoms with Gasteiger partial charge in [-0.3, -0.25) is 0 Å². The zero-order valence-corrected chi connectivity index (χ0v) is 5.00. The molecule has 0 saturated heterocycles. The molecule has 1 atom stereocenters. The lowest BCUT2D eigenvalue weighted by Crippen LogP contribution is -2.12. The highest BCUT2D eigenvalue weighted by atomic mass is 16.5. The van der Waals surface area contributed by atoms with Crippen LogP contribution >= 0.6 is 0 Å². The minimum absolute atomic E-state index is 0. The molecule has 1 unspecified atom stereocenters. The van der Waals surface area contributed by atoms with E-state index in [9.17, 15) is 0 Å². The van der Waals surface area contributed by atoms with Crippen molar-refractivity contribution in [3.05, 3.63) is 0 Å². The van der Waals surface area contributed by atoms with Gasteiger partial charge in [-0.05, 0) is 6.92 Å². The summed E-state index contributed by atoms with van der Waals surface area (Å²) in [5.74, 6) is 0. The molecule has 0 fully saturated rings. The number of aliphatic hydroxyl groups is 2. The molecule has 2 N–H and O–H groups in total. The maximum absolute atomic E-state index is 8.57. The Balaban J connectivity index is -0.000000245. The summed E-state index contributed by atoms with van der Waals surface area (Å²) in [5, 5.41) is 16.7. The van der Waals surface area contributed by atoms with Crippen molar-refractivity contribution in [2.24, 2.45) is 0 Å². The van der Waals surface area contributed by atoms with Gasteiger partial charge in [-0.25, -0.2) is 0 Å². The van der Waals surface area contributed by atoms with Crippen LogP contribution in [0.1, 0.15) is 21.8 Å². The van der Waals surface area contributed by atoms with E-state index in [1.54, 1.807) is 6.92 Å². The maximum Gasteiger partial charge on any atom is 0.0745 e. The highest BCUT2D eigenvalue weighted by Crippen LogP contribution is 1.80. The van der Waals surface area contributed by atoms with Crippen molar-refractivity contribution >= 4 is 0 Å². The van der Waals surface area contributed by atoms with Crippen LogP contribution in [-0.4, -0.2) is 36.1 Å². The van der Waals surface area contributed by atoms with Crippen LogP contribution in [0.3, 0.4) is 0 Å². The molecule has 0 aromatic carbocycles. The zero-order chi connectivity index (χ0) is 6.41. The van der Waals surface area contributed by atoms with Crippen molar-refractivity contribution in [3.8, 4) is 0 Å². The van der Waals surface area contributed by atoms with Gasteiger partial charge in [0.2, 0.25) is 0 Å². The lowest BCUT2D eigenvalue weighted by atomic mass is 10.4. The molecule has 3 heteroatoms. The largest absolute Gasteiger partial charge is 0.394 e. The van der Waals surface area contributed by atoms with Gasteiger partial charge in [0, 0.05) is 0 Å². The SMILES string of the molecule is C.C.CC(O)COCCO.